The molecule has 0 aliphatic heterocycles. The quantitative estimate of drug-likeness (QED) is 0.687. The molecule has 4 N–H and O–H groups in total. The molecule has 1 unspecified atom stereocenters. The molecule has 0 radical (unpaired) electrons. The topological polar surface area (TPSA) is 98.0 Å². The first-order valence-corrected chi connectivity index (χ1v) is 6.38. The first kappa shape index (κ1) is 14.2. The fraction of sp³-hybridized carbons (Fsp3) is 0.231. The molecule has 0 saturated carbocycles. The van der Waals surface area contributed by atoms with Gasteiger partial charge >= 0.3 is 5.69 Å². The normalized spacial score (nSPS) is 12.1. The number of aromatic hydroxyl groups is 1. The number of aromatic amines is 2. The Kier molecular flexibility index (Phi) is 4.14. The van der Waals surface area contributed by atoms with E-state index in [1.54, 1.807) is 12.1 Å². The maximum absolute atomic E-state index is 11.8. The van der Waals surface area contributed by atoms with Gasteiger partial charge in [0.15, 0.2) is 0 Å². The van der Waals surface area contributed by atoms with Gasteiger partial charge in [0.1, 0.15) is 0 Å². The van der Waals surface area contributed by atoms with Crippen molar-refractivity contribution in [1.29, 1.82) is 0 Å². The zero-order chi connectivity index (χ0) is 14.7. The van der Waals surface area contributed by atoms with Gasteiger partial charge in [0, 0.05) is 5.02 Å². The van der Waals surface area contributed by atoms with Crippen LogP contribution in [0.3, 0.4) is 0 Å². The Morgan fingerprint density at radius 2 is 2.00 bits per heavy atom. The van der Waals surface area contributed by atoms with E-state index in [9.17, 15) is 14.7 Å². The van der Waals surface area contributed by atoms with Gasteiger partial charge in [-0.1, -0.05) is 23.7 Å². The first-order chi connectivity index (χ1) is 9.45. The molecule has 20 heavy (non-hydrogen) atoms. The highest BCUT2D eigenvalue weighted by Gasteiger charge is 2.14. The summed E-state index contributed by atoms with van der Waals surface area (Å²) in [4.78, 5) is 27.3. The summed E-state index contributed by atoms with van der Waals surface area (Å²) in [6.07, 6.45) is -0.109. The summed E-state index contributed by atoms with van der Waals surface area (Å²) < 4.78 is 0. The van der Waals surface area contributed by atoms with E-state index in [0.29, 0.717) is 5.02 Å². The minimum absolute atomic E-state index is 0.109. The van der Waals surface area contributed by atoms with E-state index in [0.717, 1.165) is 5.56 Å². The van der Waals surface area contributed by atoms with E-state index in [4.69, 9.17) is 11.6 Å². The Bertz CT molecular complexity index is 660. The molecule has 0 aliphatic rings. The van der Waals surface area contributed by atoms with E-state index in [1.807, 2.05) is 19.1 Å². The van der Waals surface area contributed by atoms with Crippen LogP contribution in [0.4, 0.5) is 0 Å². The van der Waals surface area contributed by atoms with Gasteiger partial charge < -0.3 is 15.4 Å². The molecule has 1 atom stereocenters. The molecule has 0 aliphatic carbocycles. The molecule has 0 saturated heterocycles. The molecule has 1 amide bonds. The second kappa shape index (κ2) is 5.83. The number of halogens is 1. The third-order valence-corrected chi connectivity index (χ3v) is 3.12. The molecule has 1 aromatic carbocycles. The van der Waals surface area contributed by atoms with Gasteiger partial charge in [-0.05, 0) is 24.6 Å². The predicted octanol–water partition coefficient (Wildman–Crippen LogP) is 1.48. The van der Waals surface area contributed by atoms with Gasteiger partial charge in [0.05, 0.1) is 18.2 Å². The third kappa shape index (κ3) is 3.42. The number of aromatic nitrogens is 2. The van der Waals surface area contributed by atoms with E-state index >= 15 is 0 Å². The van der Waals surface area contributed by atoms with Crippen molar-refractivity contribution in [1.82, 2.24) is 15.3 Å². The maximum Gasteiger partial charge on any atom is 0.325 e. The molecule has 2 rings (SSSR count). The van der Waals surface area contributed by atoms with Crippen molar-refractivity contribution in [3.63, 3.8) is 0 Å². The van der Waals surface area contributed by atoms with Crippen molar-refractivity contribution in [3.8, 4) is 5.88 Å². The van der Waals surface area contributed by atoms with Crippen LogP contribution in [-0.4, -0.2) is 21.0 Å². The van der Waals surface area contributed by atoms with Crippen molar-refractivity contribution in [3.05, 3.63) is 51.0 Å². The number of imidazole rings is 1. The lowest BCUT2D eigenvalue weighted by atomic mass is 10.1. The van der Waals surface area contributed by atoms with E-state index in [1.165, 1.54) is 0 Å². The first-order valence-electron chi connectivity index (χ1n) is 6.00. The monoisotopic (exact) mass is 295 g/mol. The van der Waals surface area contributed by atoms with Crippen LogP contribution in [-0.2, 0) is 11.2 Å². The highest BCUT2D eigenvalue weighted by molar-refractivity contribution is 6.30. The number of carbonyl (C=O) groups excluding carboxylic acids is 1. The fourth-order valence-corrected chi connectivity index (χ4v) is 1.95. The van der Waals surface area contributed by atoms with Crippen molar-refractivity contribution in [2.24, 2.45) is 0 Å². The van der Waals surface area contributed by atoms with Crippen molar-refractivity contribution < 1.29 is 9.90 Å². The minimum Gasteiger partial charge on any atom is -0.493 e. The Morgan fingerprint density at radius 1 is 1.35 bits per heavy atom. The molecule has 0 fully saturated rings. The Morgan fingerprint density at radius 3 is 2.55 bits per heavy atom. The Labute approximate surface area is 119 Å². The number of hydrogen-bond donors (Lipinski definition) is 4. The smallest absolute Gasteiger partial charge is 0.325 e. The van der Waals surface area contributed by atoms with Crippen LogP contribution >= 0.6 is 11.6 Å². The van der Waals surface area contributed by atoms with Gasteiger partial charge in [0.25, 0.3) is 0 Å². The summed E-state index contributed by atoms with van der Waals surface area (Å²) >= 11 is 5.80. The zero-order valence-electron chi connectivity index (χ0n) is 10.7. The van der Waals surface area contributed by atoms with E-state index in [-0.39, 0.29) is 29.9 Å². The van der Waals surface area contributed by atoms with Crippen LogP contribution in [0.25, 0.3) is 0 Å². The number of benzene rings is 1. The second-order valence-electron chi connectivity index (χ2n) is 4.42. The lowest BCUT2D eigenvalue weighted by Gasteiger charge is -2.14. The number of hydrogen-bond acceptors (Lipinski definition) is 3. The number of H-pyrrole nitrogens is 2. The fourth-order valence-electron chi connectivity index (χ4n) is 1.83. The van der Waals surface area contributed by atoms with Crippen molar-refractivity contribution in [2.75, 3.05) is 0 Å². The highest BCUT2D eigenvalue weighted by atomic mass is 35.5. The van der Waals surface area contributed by atoms with Gasteiger partial charge in [0.2, 0.25) is 11.8 Å². The van der Waals surface area contributed by atoms with Gasteiger partial charge in [-0.2, -0.15) is 0 Å². The molecule has 2 aromatic rings. The minimum atomic E-state index is -0.545. The predicted molar refractivity (Wildman–Crippen MR) is 74.8 cm³/mol. The highest BCUT2D eigenvalue weighted by Crippen LogP contribution is 2.16. The summed E-state index contributed by atoms with van der Waals surface area (Å²) in [5.74, 6) is -0.623. The van der Waals surface area contributed by atoms with Gasteiger partial charge in [-0.25, -0.2) is 4.79 Å². The van der Waals surface area contributed by atoms with Crippen molar-refractivity contribution >= 4 is 17.5 Å². The van der Waals surface area contributed by atoms with Crippen LogP contribution in [0.2, 0.25) is 5.02 Å². The van der Waals surface area contributed by atoms with Crippen LogP contribution in [0, 0.1) is 0 Å². The average molecular weight is 296 g/mol. The van der Waals surface area contributed by atoms with Gasteiger partial charge in [-0.3, -0.25) is 9.78 Å². The molecule has 1 heterocycles. The van der Waals surface area contributed by atoms with Crippen LogP contribution in [0.5, 0.6) is 5.88 Å². The summed E-state index contributed by atoms with van der Waals surface area (Å²) in [7, 11) is 0. The van der Waals surface area contributed by atoms with E-state index < -0.39 is 5.69 Å². The molecular weight excluding hydrogens is 282 g/mol. The van der Waals surface area contributed by atoms with Crippen molar-refractivity contribution in [2.45, 2.75) is 19.4 Å². The summed E-state index contributed by atoms with van der Waals surface area (Å²) in [5, 5.41) is 12.8. The molecule has 106 valence electrons. The van der Waals surface area contributed by atoms with Crippen LogP contribution in [0.15, 0.2) is 29.1 Å². The molecule has 0 spiro atoms. The third-order valence-electron chi connectivity index (χ3n) is 2.87. The molecule has 0 bridgehead atoms. The summed E-state index contributed by atoms with van der Waals surface area (Å²) in [5.41, 5.74) is 0.529. The standard InChI is InChI=1S/C13H14ClN3O3/c1-7(8-2-4-9(14)5-3-8)15-11(18)6-10-12(19)17-13(20)16-10/h2-5,7,19H,6H2,1H3,(H,15,18)(H2,16,17,20). The molecule has 6 nitrogen and oxygen atoms in total. The largest absolute Gasteiger partial charge is 0.493 e. The Balaban J connectivity index is 1.99. The summed E-state index contributed by atoms with van der Waals surface area (Å²) in [6, 6.07) is 6.93. The lowest BCUT2D eigenvalue weighted by Crippen LogP contribution is -2.28. The van der Waals surface area contributed by atoms with Crippen LogP contribution in [0.1, 0.15) is 24.2 Å². The maximum atomic E-state index is 11.8. The molecule has 1 aromatic heterocycles. The zero-order valence-corrected chi connectivity index (χ0v) is 11.5. The molecular formula is C13H14ClN3O3. The Hall–Kier alpha value is -2.21. The number of rotatable bonds is 4. The SMILES string of the molecule is CC(NC(=O)Cc1[nH]c(=O)[nH]c1O)c1ccc(Cl)cc1. The number of carbonyl (C=O) groups is 1. The summed E-state index contributed by atoms with van der Waals surface area (Å²) in [6.45, 7) is 1.83. The van der Waals surface area contributed by atoms with Gasteiger partial charge in [-0.15, -0.1) is 0 Å². The van der Waals surface area contributed by atoms with Crippen LogP contribution < -0.4 is 11.0 Å². The average Bonchev–Trinajstić information content (AvgIpc) is 2.68. The number of amides is 1. The molecule has 7 heteroatoms. The lowest BCUT2D eigenvalue weighted by molar-refractivity contribution is -0.121. The second-order valence-corrected chi connectivity index (χ2v) is 4.86. The number of nitrogens with one attached hydrogen (secondary N) is 3. The van der Waals surface area contributed by atoms with E-state index in [2.05, 4.69) is 15.3 Å².